The number of hydrogen-bond donors (Lipinski definition) is 2. The zero-order chi connectivity index (χ0) is 25.6. The monoisotopic (exact) mass is 497 g/mol. The summed E-state index contributed by atoms with van der Waals surface area (Å²) in [5.41, 5.74) is 3.43. The number of nitrogens with one attached hydrogen (secondary N) is 2. The number of aryl methyl sites for hydroxylation is 2. The molecule has 2 aliphatic rings. The molecule has 1 saturated heterocycles. The Hall–Kier alpha value is -4.46. The summed E-state index contributed by atoms with van der Waals surface area (Å²) in [6.07, 6.45) is 5.05. The van der Waals surface area contributed by atoms with Gasteiger partial charge in [-0.3, -0.25) is 10.1 Å². The molecule has 0 unspecified atom stereocenters. The van der Waals surface area contributed by atoms with Gasteiger partial charge in [-0.1, -0.05) is 5.16 Å². The second-order valence-electron chi connectivity index (χ2n) is 9.61. The summed E-state index contributed by atoms with van der Waals surface area (Å²) in [4.78, 5) is 16.3. The van der Waals surface area contributed by atoms with Crippen molar-refractivity contribution < 1.29 is 9.26 Å². The van der Waals surface area contributed by atoms with Crippen LogP contribution in [0.4, 0.5) is 17.6 Å². The summed E-state index contributed by atoms with van der Waals surface area (Å²) in [5.74, 6) is 2.82. The maximum atomic E-state index is 9.99. The van der Waals surface area contributed by atoms with Crippen molar-refractivity contribution in [2.45, 2.75) is 51.0 Å². The zero-order valence-corrected chi connectivity index (χ0v) is 20.9. The van der Waals surface area contributed by atoms with Crippen molar-refractivity contribution in [2.24, 2.45) is 0 Å². The lowest BCUT2D eigenvalue weighted by molar-refractivity contribution is 0.362. The molecule has 11 nitrogen and oxygen atoms in total. The van der Waals surface area contributed by atoms with Gasteiger partial charge in [0.25, 0.3) is 0 Å². The molecule has 0 radical (unpaired) electrons. The highest BCUT2D eigenvalue weighted by molar-refractivity contribution is 5.66. The van der Waals surface area contributed by atoms with Gasteiger partial charge in [0.2, 0.25) is 5.95 Å². The summed E-state index contributed by atoms with van der Waals surface area (Å²) < 4.78 is 11.6. The van der Waals surface area contributed by atoms with Crippen LogP contribution in [0.25, 0.3) is 11.3 Å². The summed E-state index contributed by atoms with van der Waals surface area (Å²) in [6.45, 7) is 4.63. The van der Waals surface area contributed by atoms with Crippen molar-refractivity contribution >= 4 is 17.6 Å². The molecule has 1 aliphatic carbocycles. The number of aromatic amines is 1. The van der Waals surface area contributed by atoms with E-state index in [1.165, 1.54) is 0 Å². The first-order chi connectivity index (χ1) is 18.0. The lowest BCUT2D eigenvalue weighted by Gasteiger charge is -2.25. The average Bonchev–Trinajstić information content (AvgIpc) is 3.22. The second-order valence-corrected chi connectivity index (χ2v) is 9.61. The normalized spacial score (nSPS) is 18.0. The number of nitriles is 1. The number of H-pyrrole nitrogens is 1. The number of rotatable bonds is 7. The molecule has 4 aromatic heterocycles. The quantitative estimate of drug-likeness (QED) is 0.374. The highest BCUT2D eigenvalue weighted by atomic mass is 16.5. The third-order valence-electron chi connectivity index (χ3n) is 7.08. The minimum atomic E-state index is -0.673. The van der Waals surface area contributed by atoms with Crippen LogP contribution < -0.4 is 15.0 Å². The summed E-state index contributed by atoms with van der Waals surface area (Å²) in [5, 5.41) is 24.8. The zero-order valence-electron chi connectivity index (χ0n) is 20.9. The predicted octanol–water partition coefficient (Wildman–Crippen LogP) is 4.52. The van der Waals surface area contributed by atoms with Crippen molar-refractivity contribution in [1.82, 2.24) is 30.3 Å². The van der Waals surface area contributed by atoms with Gasteiger partial charge in [-0.2, -0.15) is 15.3 Å². The van der Waals surface area contributed by atoms with Crippen LogP contribution in [0.1, 0.15) is 54.6 Å². The van der Waals surface area contributed by atoms with E-state index in [0.717, 1.165) is 60.6 Å². The van der Waals surface area contributed by atoms with Gasteiger partial charge in [-0.25, -0.2) is 4.98 Å². The van der Waals surface area contributed by atoms with Crippen molar-refractivity contribution in [1.29, 1.82) is 5.26 Å². The van der Waals surface area contributed by atoms with Crippen molar-refractivity contribution in [3.05, 3.63) is 53.3 Å². The van der Waals surface area contributed by atoms with Gasteiger partial charge < -0.3 is 19.5 Å². The van der Waals surface area contributed by atoms with E-state index >= 15 is 0 Å². The third kappa shape index (κ3) is 4.04. The van der Waals surface area contributed by atoms with Gasteiger partial charge in [-0.15, -0.1) is 0 Å². The van der Waals surface area contributed by atoms with Crippen molar-refractivity contribution in [2.75, 3.05) is 23.9 Å². The summed E-state index contributed by atoms with van der Waals surface area (Å²) in [6, 6.07) is 10.1. The standard InChI is InChI=1S/C26H27N9O2/c1-15-12-21(33-32-15)29-24-22(36-3)23(26(14-27)8-9-26)30-25(31-24)35-11-5-7-19(35)20-13-18(34-37-20)17-6-4-10-28-16(17)2/h4,6,10,12-13,19H,5,7-9,11H2,1-3H3,(H2,29,30,31,32,33)/t19-/m0/s1. The van der Waals surface area contributed by atoms with Crippen LogP contribution in [0.5, 0.6) is 5.75 Å². The van der Waals surface area contributed by atoms with Crippen molar-refractivity contribution in [3.8, 4) is 23.1 Å². The number of methoxy groups -OCH3 is 1. The van der Waals surface area contributed by atoms with Crippen LogP contribution in [-0.4, -0.2) is 44.0 Å². The van der Waals surface area contributed by atoms with Crippen LogP contribution in [0.2, 0.25) is 0 Å². The van der Waals surface area contributed by atoms with Gasteiger partial charge in [0.15, 0.2) is 23.1 Å². The Balaban J connectivity index is 1.40. The fourth-order valence-corrected chi connectivity index (χ4v) is 4.93. The highest BCUT2D eigenvalue weighted by Gasteiger charge is 2.50. The van der Waals surface area contributed by atoms with Crippen molar-refractivity contribution in [3.63, 3.8) is 0 Å². The van der Waals surface area contributed by atoms with Gasteiger partial charge in [0.05, 0.1) is 19.2 Å². The number of hydrogen-bond acceptors (Lipinski definition) is 10. The molecule has 4 aromatic rings. The van der Waals surface area contributed by atoms with E-state index < -0.39 is 5.41 Å². The second kappa shape index (κ2) is 8.89. The molecule has 2 fully saturated rings. The lowest BCUT2D eigenvalue weighted by Crippen LogP contribution is -2.26. The Morgan fingerprint density at radius 3 is 2.84 bits per heavy atom. The molecule has 2 N–H and O–H groups in total. The minimum Gasteiger partial charge on any atom is -0.491 e. The molecule has 37 heavy (non-hydrogen) atoms. The topological polar surface area (TPSA) is 142 Å². The molecule has 188 valence electrons. The molecule has 1 atom stereocenters. The number of ether oxygens (including phenoxy) is 1. The number of nitrogens with zero attached hydrogens (tertiary/aromatic N) is 7. The van der Waals surface area contributed by atoms with E-state index in [4.69, 9.17) is 19.2 Å². The molecule has 0 aromatic carbocycles. The van der Waals surface area contributed by atoms with Gasteiger partial charge in [0, 0.05) is 41.8 Å². The molecule has 5 heterocycles. The summed E-state index contributed by atoms with van der Waals surface area (Å²) in [7, 11) is 1.57. The Bertz CT molecular complexity index is 1500. The molecule has 1 saturated carbocycles. The number of pyridine rings is 1. The first kappa shape index (κ1) is 23.0. The van der Waals surface area contributed by atoms with E-state index in [-0.39, 0.29) is 6.04 Å². The Morgan fingerprint density at radius 2 is 2.14 bits per heavy atom. The van der Waals surface area contributed by atoms with Crippen LogP contribution in [0.15, 0.2) is 35.0 Å². The van der Waals surface area contributed by atoms with Crippen LogP contribution in [-0.2, 0) is 5.41 Å². The molecular formula is C26H27N9O2. The van der Waals surface area contributed by atoms with E-state index in [1.807, 2.05) is 38.1 Å². The van der Waals surface area contributed by atoms with Gasteiger partial charge in [-0.05, 0) is 51.7 Å². The Kier molecular flexibility index (Phi) is 5.52. The fraction of sp³-hybridized carbons (Fsp3) is 0.385. The largest absolute Gasteiger partial charge is 0.491 e. The predicted molar refractivity (Wildman–Crippen MR) is 136 cm³/mol. The SMILES string of the molecule is COc1c(Nc2cc(C)[nH]n2)nc(N2CCC[C@H]2c2cc(-c3cccnc3C)no2)nc1C1(C#N)CC1. The van der Waals surface area contributed by atoms with E-state index in [2.05, 4.69) is 36.6 Å². The fourth-order valence-electron chi connectivity index (χ4n) is 4.93. The maximum Gasteiger partial charge on any atom is 0.228 e. The number of aromatic nitrogens is 6. The van der Waals surface area contributed by atoms with Gasteiger partial charge >= 0.3 is 0 Å². The Labute approximate surface area is 213 Å². The Morgan fingerprint density at radius 1 is 1.27 bits per heavy atom. The molecular weight excluding hydrogens is 470 g/mol. The van der Waals surface area contributed by atoms with Crippen LogP contribution >= 0.6 is 0 Å². The van der Waals surface area contributed by atoms with E-state index in [1.54, 1.807) is 13.3 Å². The summed E-state index contributed by atoms with van der Waals surface area (Å²) >= 11 is 0. The van der Waals surface area contributed by atoms with Gasteiger partial charge in [0.1, 0.15) is 16.8 Å². The first-order valence-corrected chi connectivity index (χ1v) is 12.3. The van der Waals surface area contributed by atoms with E-state index in [0.29, 0.717) is 29.0 Å². The highest BCUT2D eigenvalue weighted by Crippen LogP contribution is 2.52. The maximum absolute atomic E-state index is 9.99. The van der Waals surface area contributed by atoms with Crippen LogP contribution in [0.3, 0.4) is 0 Å². The van der Waals surface area contributed by atoms with Crippen LogP contribution in [0, 0.1) is 25.2 Å². The number of anilines is 3. The lowest BCUT2D eigenvalue weighted by atomic mass is 10.0. The van der Waals surface area contributed by atoms with E-state index in [9.17, 15) is 5.26 Å². The molecule has 6 rings (SSSR count). The minimum absolute atomic E-state index is 0.0859. The molecule has 0 spiro atoms. The molecule has 11 heteroatoms. The average molecular weight is 498 g/mol. The third-order valence-corrected chi connectivity index (χ3v) is 7.08. The molecule has 1 aliphatic heterocycles. The molecule has 0 bridgehead atoms. The first-order valence-electron chi connectivity index (χ1n) is 12.3. The smallest absolute Gasteiger partial charge is 0.228 e. The molecule has 0 amide bonds.